The van der Waals surface area contributed by atoms with E-state index in [-0.39, 0.29) is 11.9 Å². The third-order valence-electron chi connectivity index (χ3n) is 3.47. The highest BCUT2D eigenvalue weighted by atomic mass is 16.1. The van der Waals surface area contributed by atoms with Gasteiger partial charge in [-0.25, -0.2) is 0 Å². The summed E-state index contributed by atoms with van der Waals surface area (Å²) in [5.41, 5.74) is 0. The number of rotatable bonds is 6. The molecule has 2 N–H and O–H groups in total. The number of hydrogen-bond acceptors (Lipinski definition) is 3. The van der Waals surface area contributed by atoms with Crippen molar-refractivity contribution < 1.29 is 4.79 Å². The number of likely N-dealkylation sites (tertiary alicyclic amines) is 1. The van der Waals surface area contributed by atoms with Gasteiger partial charge in [0, 0.05) is 19.0 Å². The number of carbonyl (C=O) groups excluding carboxylic acids is 1. The second-order valence-electron chi connectivity index (χ2n) is 5.21. The van der Waals surface area contributed by atoms with Crippen LogP contribution in [0.15, 0.2) is 0 Å². The normalized spacial score (nSPS) is 20.2. The third kappa shape index (κ3) is 6.03. The van der Waals surface area contributed by atoms with Crippen molar-refractivity contribution in [1.29, 1.82) is 0 Å². The van der Waals surface area contributed by atoms with Gasteiger partial charge in [-0.15, -0.1) is 0 Å². The van der Waals surface area contributed by atoms with Crippen molar-refractivity contribution in [2.75, 3.05) is 33.2 Å². The van der Waals surface area contributed by atoms with Crippen molar-refractivity contribution in [2.24, 2.45) is 5.92 Å². The Morgan fingerprint density at radius 1 is 1.41 bits per heavy atom. The van der Waals surface area contributed by atoms with Crippen molar-refractivity contribution in [3.8, 4) is 0 Å². The zero-order valence-corrected chi connectivity index (χ0v) is 11.5. The minimum Gasteiger partial charge on any atom is -0.356 e. The van der Waals surface area contributed by atoms with E-state index in [1.54, 1.807) is 0 Å². The summed E-state index contributed by atoms with van der Waals surface area (Å²) in [6.45, 7) is 8.21. The molecule has 1 unspecified atom stereocenters. The molecule has 0 aliphatic carbocycles. The lowest BCUT2D eigenvalue weighted by atomic mass is 9.97. The minimum atomic E-state index is 0.178. The first kappa shape index (κ1) is 14.5. The van der Waals surface area contributed by atoms with Crippen molar-refractivity contribution >= 4 is 5.91 Å². The molecule has 0 spiro atoms. The van der Waals surface area contributed by atoms with Crippen molar-refractivity contribution in [3.05, 3.63) is 0 Å². The van der Waals surface area contributed by atoms with Gasteiger partial charge in [0.1, 0.15) is 0 Å². The molecule has 0 aromatic heterocycles. The third-order valence-corrected chi connectivity index (χ3v) is 3.47. The van der Waals surface area contributed by atoms with Crippen LogP contribution in [0, 0.1) is 5.92 Å². The van der Waals surface area contributed by atoms with Gasteiger partial charge in [-0.3, -0.25) is 4.79 Å². The molecular weight excluding hydrogens is 214 g/mol. The molecule has 0 saturated carbocycles. The summed E-state index contributed by atoms with van der Waals surface area (Å²) < 4.78 is 0. The summed E-state index contributed by atoms with van der Waals surface area (Å²) in [5.74, 6) is 0.849. The summed E-state index contributed by atoms with van der Waals surface area (Å²) in [5, 5.41) is 6.31. The average Bonchev–Trinajstić information content (AvgIpc) is 2.28. The molecule has 0 aromatic carbocycles. The number of carbonyl (C=O) groups is 1. The fourth-order valence-electron chi connectivity index (χ4n) is 2.30. The highest BCUT2D eigenvalue weighted by molar-refractivity contribution is 5.76. The lowest BCUT2D eigenvalue weighted by Crippen LogP contribution is -2.39. The first-order valence-electron chi connectivity index (χ1n) is 6.80. The van der Waals surface area contributed by atoms with Crippen LogP contribution in [0.2, 0.25) is 0 Å². The summed E-state index contributed by atoms with van der Waals surface area (Å²) >= 11 is 0. The van der Waals surface area contributed by atoms with Crippen LogP contribution in [0.25, 0.3) is 0 Å². The summed E-state index contributed by atoms with van der Waals surface area (Å²) in [7, 11) is 2.16. The quantitative estimate of drug-likeness (QED) is 0.724. The maximum atomic E-state index is 11.7. The zero-order valence-electron chi connectivity index (χ0n) is 11.5. The van der Waals surface area contributed by atoms with E-state index in [9.17, 15) is 4.79 Å². The predicted octanol–water partition coefficient (Wildman–Crippen LogP) is 0.833. The molecule has 1 atom stereocenters. The molecule has 0 bridgehead atoms. The monoisotopic (exact) mass is 241 g/mol. The molecule has 1 rings (SSSR count). The Labute approximate surface area is 105 Å². The highest BCUT2D eigenvalue weighted by Crippen LogP contribution is 2.14. The van der Waals surface area contributed by atoms with Gasteiger partial charge in [-0.05, 0) is 52.4 Å². The molecule has 1 heterocycles. The van der Waals surface area contributed by atoms with E-state index in [1.165, 1.54) is 12.8 Å². The SMILES string of the molecule is CCNC(C)CC(=O)NCC1CCN(C)CC1. The largest absolute Gasteiger partial charge is 0.356 e. The van der Waals surface area contributed by atoms with Gasteiger partial charge in [0.2, 0.25) is 5.91 Å². The van der Waals surface area contributed by atoms with E-state index in [1.807, 2.05) is 0 Å². The Kier molecular flexibility index (Phi) is 6.52. The van der Waals surface area contributed by atoms with E-state index >= 15 is 0 Å². The smallest absolute Gasteiger partial charge is 0.221 e. The van der Waals surface area contributed by atoms with Crippen LogP contribution in [-0.2, 0) is 4.79 Å². The second-order valence-corrected chi connectivity index (χ2v) is 5.21. The number of hydrogen-bond donors (Lipinski definition) is 2. The fourth-order valence-corrected chi connectivity index (χ4v) is 2.30. The van der Waals surface area contributed by atoms with Crippen LogP contribution in [0.1, 0.15) is 33.1 Å². The Morgan fingerprint density at radius 3 is 2.65 bits per heavy atom. The van der Waals surface area contributed by atoms with Crippen LogP contribution < -0.4 is 10.6 Å². The summed E-state index contributed by atoms with van der Waals surface area (Å²) in [6.07, 6.45) is 3.00. The van der Waals surface area contributed by atoms with E-state index in [4.69, 9.17) is 0 Å². The summed E-state index contributed by atoms with van der Waals surface area (Å²) in [6, 6.07) is 0.275. The zero-order chi connectivity index (χ0) is 12.7. The van der Waals surface area contributed by atoms with Gasteiger partial charge in [-0.1, -0.05) is 6.92 Å². The Morgan fingerprint density at radius 2 is 2.06 bits per heavy atom. The first-order valence-corrected chi connectivity index (χ1v) is 6.80. The van der Waals surface area contributed by atoms with Crippen molar-refractivity contribution in [2.45, 2.75) is 39.2 Å². The first-order chi connectivity index (χ1) is 8.11. The lowest BCUT2D eigenvalue weighted by Gasteiger charge is -2.29. The maximum absolute atomic E-state index is 11.7. The van der Waals surface area contributed by atoms with Crippen molar-refractivity contribution in [1.82, 2.24) is 15.5 Å². The molecule has 100 valence electrons. The standard InChI is InChI=1S/C13H27N3O/c1-4-14-11(2)9-13(17)15-10-12-5-7-16(3)8-6-12/h11-12,14H,4-10H2,1-3H3,(H,15,17). The van der Waals surface area contributed by atoms with E-state index in [0.717, 1.165) is 26.2 Å². The Hall–Kier alpha value is -0.610. The molecular formula is C13H27N3O. The molecule has 1 aliphatic rings. The van der Waals surface area contributed by atoms with E-state index in [2.05, 4.69) is 36.4 Å². The van der Waals surface area contributed by atoms with Gasteiger partial charge >= 0.3 is 0 Å². The van der Waals surface area contributed by atoms with Gasteiger partial charge in [0.25, 0.3) is 0 Å². The molecule has 0 aromatic rings. The Bertz CT molecular complexity index is 225. The molecule has 1 amide bonds. The topological polar surface area (TPSA) is 44.4 Å². The lowest BCUT2D eigenvalue weighted by molar-refractivity contribution is -0.121. The van der Waals surface area contributed by atoms with Crippen LogP contribution in [0.5, 0.6) is 0 Å². The molecule has 1 fully saturated rings. The van der Waals surface area contributed by atoms with Crippen molar-refractivity contribution in [3.63, 3.8) is 0 Å². The number of amides is 1. The van der Waals surface area contributed by atoms with Gasteiger partial charge in [0.15, 0.2) is 0 Å². The van der Waals surface area contributed by atoms with Crippen LogP contribution in [0.3, 0.4) is 0 Å². The minimum absolute atomic E-state index is 0.178. The second kappa shape index (κ2) is 7.67. The molecule has 4 heteroatoms. The fraction of sp³-hybridized carbons (Fsp3) is 0.923. The van der Waals surface area contributed by atoms with Gasteiger partial charge < -0.3 is 15.5 Å². The molecule has 1 aliphatic heterocycles. The van der Waals surface area contributed by atoms with Gasteiger partial charge in [0.05, 0.1) is 0 Å². The molecule has 1 saturated heterocycles. The van der Waals surface area contributed by atoms with Crippen LogP contribution >= 0.6 is 0 Å². The Balaban J connectivity index is 2.11. The number of nitrogens with one attached hydrogen (secondary N) is 2. The predicted molar refractivity (Wildman–Crippen MR) is 71.0 cm³/mol. The summed E-state index contributed by atoms with van der Waals surface area (Å²) in [4.78, 5) is 14.0. The number of piperidine rings is 1. The molecule has 17 heavy (non-hydrogen) atoms. The van der Waals surface area contributed by atoms with Crippen LogP contribution in [0.4, 0.5) is 0 Å². The van der Waals surface area contributed by atoms with Crippen LogP contribution in [-0.4, -0.2) is 50.1 Å². The average molecular weight is 241 g/mol. The van der Waals surface area contributed by atoms with E-state index < -0.39 is 0 Å². The molecule has 0 radical (unpaired) electrons. The van der Waals surface area contributed by atoms with E-state index in [0.29, 0.717) is 12.3 Å². The highest BCUT2D eigenvalue weighted by Gasteiger charge is 2.17. The maximum Gasteiger partial charge on any atom is 0.221 e. The van der Waals surface area contributed by atoms with Gasteiger partial charge in [-0.2, -0.15) is 0 Å². The number of nitrogens with zero attached hydrogens (tertiary/aromatic N) is 1. The molecule has 4 nitrogen and oxygen atoms in total.